The van der Waals surface area contributed by atoms with E-state index in [1.165, 1.54) is 37.4 Å². The average Bonchev–Trinajstić information content (AvgIpc) is 2.28. The molecule has 0 aromatic heterocycles. The summed E-state index contributed by atoms with van der Waals surface area (Å²) in [6, 6.07) is 0. The molecule has 2 heteroatoms. The van der Waals surface area contributed by atoms with Crippen LogP contribution in [0.1, 0.15) is 53.4 Å². The number of nitriles is 1. The fraction of sp³-hybridized carbons (Fsp3) is 0.812. The van der Waals surface area contributed by atoms with Crippen LogP contribution in [0.15, 0.2) is 11.6 Å². The summed E-state index contributed by atoms with van der Waals surface area (Å²) in [4.78, 5) is 0. The van der Waals surface area contributed by atoms with E-state index in [4.69, 9.17) is 5.26 Å². The molecule has 4 atom stereocenters. The van der Waals surface area contributed by atoms with Gasteiger partial charge >= 0.3 is 0 Å². The number of nitrogens with zero attached hydrogens (tertiary/aromatic N) is 1. The minimum Gasteiger partial charge on any atom is -0.185 e. The Morgan fingerprint density at radius 3 is 2.83 bits per heavy atom. The maximum atomic E-state index is 9.01. The highest BCUT2D eigenvalue weighted by atomic mass is 32.2. The second-order valence-electron chi connectivity index (χ2n) is 6.75. The van der Waals surface area contributed by atoms with Crippen molar-refractivity contribution in [2.24, 2.45) is 23.7 Å². The Kier molecular flexibility index (Phi) is 4.11. The molecule has 1 saturated carbocycles. The number of thiocyanates is 1. The highest BCUT2D eigenvalue weighted by Crippen LogP contribution is 2.52. The van der Waals surface area contributed by atoms with Gasteiger partial charge < -0.3 is 0 Å². The molecule has 18 heavy (non-hydrogen) atoms. The first kappa shape index (κ1) is 14.0. The van der Waals surface area contributed by atoms with E-state index in [2.05, 4.69) is 39.2 Å². The molecule has 2 aliphatic carbocycles. The molecule has 0 N–H and O–H groups in total. The van der Waals surface area contributed by atoms with Gasteiger partial charge in [0.15, 0.2) is 0 Å². The van der Waals surface area contributed by atoms with E-state index in [1.807, 2.05) is 0 Å². The quantitative estimate of drug-likeness (QED) is 0.517. The van der Waals surface area contributed by atoms with Crippen LogP contribution in [0.3, 0.4) is 0 Å². The molecule has 1 unspecified atom stereocenters. The van der Waals surface area contributed by atoms with Gasteiger partial charge in [0, 0.05) is 4.75 Å². The highest BCUT2D eigenvalue weighted by Gasteiger charge is 2.44. The van der Waals surface area contributed by atoms with Gasteiger partial charge in [-0.15, -0.1) is 0 Å². The van der Waals surface area contributed by atoms with Crippen LogP contribution in [0.5, 0.6) is 0 Å². The van der Waals surface area contributed by atoms with Gasteiger partial charge in [-0.2, -0.15) is 5.26 Å². The molecule has 0 heterocycles. The van der Waals surface area contributed by atoms with Crippen molar-refractivity contribution in [1.29, 1.82) is 5.26 Å². The van der Waals surface area contributed by atoms with E-state index in [1.54, 1.807) is 5.57 Å². The van der Waals surface area contributed by atoms with Crippen molar-refractivity contribution in [3.8, 4) is 5.40 Å². The third kappa shape index (κ3) is 2.62. The summed E-state index contributed by atoms with van der Waals surface area (Å²) >= 11 is 1.51. The first-order chi connectivity index (χ1) is 8.47. The molecule has 0 aromatic rings. The van der Waals surface area contributed by atoms with E-state index in [-0.39, 0.29) is 4.75 Å². The standard InChI is InChI=1S/C16H25NS/c1-11(2)13-6-5-12(3)14-7-8-16(4,18-10-17)9-15(13)14/h5,11,13-15H,6-9H2,1-4H3/t13?,14-,15+,16+/m1/s1. The molecule has 0 amide bonds. The van der Waals surface area contributed by atoms with E-state index < -0.39 is 0 Å². The van der Waals surface area contributed by atoms with Crippen LogP contribution < -0.4 is 0 Å². The second kappa shape index (κ2) is 5.29. The first-order valence-corrected chi connectivity index (χ1v) is 8.02. The zero-order valence-electron chi connectivity index (χ0n) is 12.1. The minimum absolute atomic E-state index is 0.195. The second-order valence-corrected chi connectivity index (χ2v) is 8.12. The van der Waals surface area contributed by atoms with Gasteiger partial charge in [-0.05, 0) is 75.0 Å². The van der Waals surface area contributed by atoms with Crippen molar-refractivity contribution in [3.05, 3.63) is 11.6 Å². The average molecular weight is 263 g/mol. The maximum absolute atomic E-state index is 9.01. The topological polar surface area (TPSA) is 23.8 Å². The van der Waals surface area contributed by atoms with Crippen molar-refractivity contribution in [2.45, 2.75) is 58.1 Å². The van der Waals surface area contributed by atoms with E-state index in [0.717, 1.165) is 23.7 Å². The van der Waals surface area contributed by atoms with Gasteiger partial charge in [-0.25, -0.2) is 0 Å². The summed E-state index contributed by atoms with van der Waals surface area (Å²) in [6.45, 7) is 9.33. The molecule has 1 fully saturated rings. The van der Waals surface area contributed by atoms with Gasteiger partial charge in [0.05, 0.1) is 0 Å². The number of hydrogen-bond donors (Lipinski definition) is 0. The molecule has 0 aliphatic heterocycles. The highest BCUT2D eigenvalue weighted by molar-refractivity contribution is 8.05. The largest absolute Gasteiger partial charge is 0.185 e. The van der Waals surface area contributed by atoms with E-state index in [9.17, 15) is 0 Å². The number of fused-ring (bicyclic) bond motifs is 1. The third-order valence-electron chi connectivity index (χ3n) is 5.16. The molecule has 1 nitrogen and oxygen atoms in total. The molecule has 0 aromatic carbocycles. The van der Waals surface area contributed by atoms with Crippen LogP contribution in [0.25, 0.3) is 0 Å². The van der Waals surface area contributed by atoms with Crippen LogP contribution in [-0.4, -0.2) is 4.75 Å². The van der Waals surface area contributed by atoms with Crippen molar-refractivity contribution < 1.29 is 0 Å². The van der Waals surface area contributed by atoms with E-state index >= 15 is 0 Å². The summed E-state index contributed by atoms with van der Waals surface area (Å²) in [6.07, 6.45) is 7.43. The molecule has 0 radical (unpaired) electrons. The molecule has 0 spiro atoms. The smallest absolute Gasteiger partial charge is 0.133 e. The Labute approximate surface area is 116 Å². The summed E-state index contributed by atoms with van der Waals surface area (Å²) in [5, 5.41) is 11.3. The van der Waals surface area contributed by atoms with Gasteiger partial charge in [0.2, 0.25) is 0 Å². The molecular weight excluding hydrogens is 238 g/mol. The monoisotopic (exact) mass is 263 g/mol. The van der Waals surface area contributed by atoms with Crippen LogP contribution >= 0.6 is 11.8 Å². The number of allylic oxidation sites excluding steroid dienone is 2. The molecular formula is C16H25NS. The maximum Gasteiger partial charge on any atom is 0.133 e. The zero-order valence-corrected chi connectivity index (χ0v) is 12.9. The predicted octanol–water partition coefficient (Wildman–Crippen LogP) is 5.00. The fourth-order valence-electron chi connectivity index (χ4n) is 4.05. The van der Waals surface area contributed by atoms with Gasteiger partial charge in [0.1, 0.15) is 5.40 Å². The van der Waals surface area contributed by atoms with Crippen LogP contribution in [0, 0.1) is 34.3 Å². The predicted molar refractivity (Wildman–Crippen MR) is 79.1 cm³/mol. The SMILES string of the molecule is CC1=CCC(C(C)C)[C@@H]2C[C@@](C)(SC#N)CC[C@H]12. The molecule has 100 valence electrons. The van der Waals surface area contributed by atoms with Gasteiger partial charge in [-0.3, -0.25) is 0 Å². The van der Waals surface area contributed by atoms with Crippen molar-refractivity contribution in [2.75, 3.05) is 0 Å². The lowest BCUT2D eigenvalue weighted by atomic mass is 9.60. The molecule has 2 rings (SSSR count). The Balaban J connectivity index is 2.21. The van der Waals surface area contributed by atoms with Crippen molar-refractivity contribution in [1.82, 2.24) is 0 Å². The van der Waals surface area contributed by atoms with E-state index in [0.29, 0.717) is 0 Å². The summed E-state index contributed by atoms with van der Waals surface area (Å²) in [5.74, 6) is 3.17. The summed E-state index contributed by atoms with van der Waals surface area (Å²) < 4.78 is 0.195. The Bertz CT molecular complexity index is 379. The summed E-state index contributed by atoms with van der Waals surface area (Å²) in [5.41, 5.74) is 1.61. The van der Waals surface area contributed by atoms with Gasteiger partial charge in [0.25, 0.3) is 0 Å². The Morgan fingerprint density at radius 2 is 2.22 bits per heavy atom. The zero-order chi connectivity index (χ0) is 13.3. The third-order valence-corrected chi connectivity index (χ3v) is 6.12. The van der Waals surface area contributed by atoms with Crippen molar-refractivity contribution >= 4 is 11.8 Å². The van der Waals surface area contributed by atoms with Crippen LogP contribution in [0.4, 0.5) is 0 Å². The van der Waals surface area contributed by atoms with Gasteiger partial charge in [-0.1, -0.05) is 25.5 Å². The Hall–Kier alpha value is -0.420. The number of rotatable bonds is 2. The lowest BCUT2D eigenvalue weighted by Gasteiger charge is -2.48. The Morgan fingerprint density at radius 1 is 1.50 bits per heavy atom. The number of hydrogen-bond acceptors (Lipinski definition) is 2. The lowest BCUT2D eigenvalue weighted by Crippen LogP contribution is -2.41. The van der Waals surface area contributed by atoms with Crippen molar-refractivity contribution in [3.63, 3.8) is 0 Å². The molecule has 0 bridgehead atoms. The minimum atomic E-state index is 0.195. The summed E-state index contributed by atoms with van der Waals surface area (Å²) in [7, 11) is 0. The number of thioether (sulfide) groups is 1. The van der Waals surface area contributed by atoms with Crippen LogP contribution in [0.2, 0.25) is 0 Å². The first-order valence-electron chi connectivity index (χ1n) is 7.20. The fourth-order valence-corrected chi connectivity index (χ4v) is 4.77. The normalized spacial score (nSPS) is 40.0. The van der Waals surface area contributed by atoms with Crippen LogP contribution in [-0.2, 0) is 0 Å². The molecule has 0 saturated heterocycles. The molecule has 2 aliphatic rings. The lowest BCUT2D eigenvalue weighted by molar-refractivity contribution is 0.119.